The van der Waals surface area contributed by atoms with E-state index in [1.165, 1.54) is 0 Å². The fourth-order valence-corrected chi connectivity index (χ4v) is 2.40. The third-order valence-corrected chi connectivity index (χ3v) is 3.45. The number of halogens is 1. The molecule has 0 N–H and O–H groups in total. The molecule has 0 amide bonds. The third-order valence-electron chi connectivity index (χ3n) is 2.52. The van der Waals surface area contributed by atoms with Gasteiger partial charge in [-0.05, 0) is 24.3 Å². The molecule has 1 aromatic carbocycles. The summed E-state index contributed by atoms with van der Waals surface area (Å²) in [5, 5.41) is 0.930. The van der Waals surface area contributed by atoms with Crippen molar-refractivity contribution in [2.45, 2.75) is 10.8 Å². The number of hydrogen-bond acceptors (Lipinski definition) is 4. The summed E-state index contributed by atoms with van der Waals surface area (Å²) in [5.74, 6) is 0.813. The fourth-order valence-electron chi connectivity index (χ4n) is 1.64. The molecule has 0 aliphatic heterocycles. The summed E-state index contributed by atoms with van der Waals surface area (Å²) in [7, 11) is 0. The van der Waals surface area contributed by atoms with E-state index in [-0.39, 0.29) is 12.4 Å². The van der Waals surface area contributed by atoms with Crippen LogP contribution in [0.2, 0.25) is 0 Å². The average molecular weight is 290 g/mol. The number of nitrogens with zero attached hydrogens (tertiary/aromatic N) is 3. The minimum Gasteiger partial charge on any atom is -0.260 e. The predicted molar refractivity (Wildman–Crippen MR) is 80.6 cm³/mol. The van der Waals surface area contributed by atoms with Gasteiger partial charge in [-0.2, -0.15) is 0 Å². The van der Waals surface area contributed by atoms with Crippen LogP contribution in [-0.4, -0.2) is 15.0 Å². The molecule has 19 heavy (non-hydrogen) atoms. The lowest BCUT2D eigenvalue weighted by atomic mass is 10.3. The lowest BCUT2D eigenvalue weighted by Gasteiger charge is -2.01. The second-order valence-corrected chi connectivity index (χ2v) is 4.80. The van der Waals surface area contributed by atoms with Crippen molar-refractivity contribution in [2.24, 2.45) is 0 Å². The zero-order chi connectivity index (χ0) is 12.2. The Balaban J connectivity index is 0.00000133. The first-order chi connectivity index (χ1) is 8.92. The molecule has 0 saturated carbocycles. The van der Waals surface area contributed by atoms with E-state index in [9.17, 15) is 0 Å². The lowest BCUT2D eigenvalue weighted by molar-refractivity contribution is 1.11. The van der Waals surface area contributed by atoms with Crippen LogP contribution >= 0.6 is 24.2 Å². The van der Waals surface area contributed by atoms with Crippen LogP contribution in [0.25, 0.3) is 11.0 Å². The minimum absolute atomic E-state index is 0. The molecule has 0 spiro atoms. The first-order valence-corrected chi connectivity index (χ1v) is 6.65. The molecule has 0 unspecified atom stereocenters. The first kappa shape index (κ1) is 13.8. The summed E-state index contributed by atoms with van der Waals surface area (Å²) in [6.45, 7) is 0. The van der Waals surface area contributed by atoms with Gasteiger partial charge < -0.3 is 0 Å². The first-order valence-electron chi connectivity index (χ1n) is 5.66. The van der Waals surface area contributed by atoms with E-state index in [0.717, 1.165) is 27.5 Å². The summed E-state index contributed by atoms with van der Waals surface area (Å²) in [6, 6.07) is 13.8. The molecule has 5 heteroatoms. The van der Waals surface area contributed by atoms with Crippen molar-refractivity contribution in [2.75, 3.05) is 0 Å². The van der Waals surface area contributed by atoms with E-state index >= 15 is 0 Å². The topological polar surface area (TPSA) is 38.7 Å². The van der Waals surface area contributed by atoms with Crippen LogP contribution in [0.4, 0.5) is 0 Å². The van der Waals surface area contributed by atoms with Gasteiger partial charge in [0.1, 0.15) is 5.03 Å². The highest BCUT2D eigenvalue weighted by atomic mass is 35.5. The minimum atomic E-state index is 0. The Morgan fingerprint density at radius 2 is 1.68 bits per heavy atom. The Morgan fingerprint density at radius 3 is 2.47 bits per heavy atom. The number of rotatable bonds is 3. The van der Waals surface area contributed by atoms with Crippen LogP contribution in [0.3, 0.4) is 0 Å². The van der Waals surface area contributed by atoms with Gasteiger partial charge in [0.2, 0.25) is 0 Å². The maximum atomic E-state index is 4.56. The monoisotopic (exact) mass is 289 g/mol. The standard InChI is InChI=1S/C14H11N3S.ClH/c1-2-7-13-12(6-1)16-9-14(17-13)18-10-11-5-3-4-8-15-11;/h1-9H,10H2;1H. The van der Waals surface area contributed by atoms with Crippen molar-refractivity contribution < 1.29 is 0 Å². The van der Waals surface area contributed by atoms with Gasteiger partial charge in [-0.15, -0.1) is 12.4 Å². The highest BCUT2D eigenvalue weighted by molar-refractivity contribution is 7.98. The Labute approximate surface area is 121 Å². The van der Waals surface area contributed by atoms with Crippen LogP contribution in [0.15, 0.2) is 59.9 Å². The molecule has 0 radical (unpaired) electrons. The largest absolute Gasteiger partial charge is 0.260 e. The molecule has 2 aromatic heterocycles. The van der Waals surface area contributed by atoms with E-state index in [2.05, 4.69) is 15.0 Å². The maximum Gasteiger partial charge on any atom is 0.115 e. The molecular weight excluding hydrogens is 278 g/mol. The predicted octanol–water partition coefficient (Wildman–Crippen LogP) is 3.74. The molecule has 0 saturated heterocycles. The summed E-state index contributed by atoms with van der Waals surface area (Å²) < 4.78 is 0. The second-order valence-electron chi connectivity index (χ2n) is 3.81. The lowest BCUT2D eigenvalue weighted by Crippen LogP contribution is -1.88. The number of thioether (sulfide) groups is 1. The Hall–Kier alpha value is -1.65. The van der Waals surface area contributed by atoms with Gasteiger partial charge in [0.15, 0.2) is 0 Å². The van der Waals surface area contributed by atoms with Crippen molar-refractivity contribution >= 4 is 35.2 Å². The van der Waals surface area contributed by atoms with E-state index < -0.39 is 0 Å². The molecule has 0 aliphatic rings. The van der Waals surface area contributed by atoms with Gasteiger partial charge in [-0.25, -0.2) is 4.98 Å². The normalized spacial score (nSPS) is 10.1. The number of hydrogen-bond donors (Lipinski definition) is 0. The van der Waals surface area contributed by atoms with E-state index in [1.54, 1.807) is 11.8 Å². The SMILES string of the molecule is Cl.c1ccc(CSc2cnc3ccccc3n2)nc1. The van der Waals surface area contributed by atoms with Crippen molar-refractivity contribution in [1.29, 1.82) is 0 Å². The van der Waals surface area contributed by atoms with E-state index in [4.69, 9.17) is 0 Å². The van der Waals surface area contributed by atoms with E-state index in [0.29, 0.717) is 0 Å². The number of fused-ring (bicyclic) bond motifs is 1. The zero-order valence-corrected chi connectivity index (χ0v) is 11.7. The molecule has 0 bridgehead atoms. The van der Waals surface area contributed by atoms with Gasteiger partial charge in [0.05, 0.1) is 22.9 Å². The maximum absolute atomic E-state index is 4.56. The second kappa shape index (κ2) is 6.50. The zero-order valence-electron chi connectivity index (χ0n) is 10.1. The molecule has 3 nitrogen and oxygen atoms in total. The van der Waals surface area contributed by atoms with Crippen LogP contribution in [-0.2, 0) is 5.75 Å². The summed E-state index contributed by atoms with van der Waals surface area (Å²) >= 11 is 1.65. The van der Waals surface area contributed by atoms with E-state index in [1.807, 2.05) is 54.9 Å². The highest BCUT2D eigenvalue weighted by Gasteiger charge is 2.01. The summed E-state index contributed by atoms with van der Waals surface area (Å²) in [6.07, 6.45) is 3.62. The Kier molecular flexibility index (Phi) is 4.71. The van der Waals surface area contributed by atoms with Gasteiger partial charge in [-0.3, -0.25) is 9.97 Å². The number of para-hydroxylation sites is 2. The van der Waals surface area contributed by atoms with Gasteiger partial charge in [0.25, 0.3) is 0 Å². The molecule has 96 valence electrons. The molecule has 0 fully saturated rings. The van der Waals surface area contributed by atoms with Crippen LogP contribution < -0.4 is 0 Å². The number of aromatic nitrogens is 3. The Bertz CT molecular complexity index is 661. The quantitative estimate of drug-likeness (QED) is 0.689. The summed E-state index contributed by atoms with van der Waals surface area (Å²) in [5.41, 5.74) is 2.92. The molecule has 3 aromatic rings. The molecular formula is C14H12ClN3S. The molecule has 0 atom stereocenters. The smallest absolute Gasteiger partial charge is 0.115 e. The van der Waals surface area contributed by atoms with Gasteiger partial charge >= 0.3 is 0 Å². The third kappa shape index (κ3) is 3.43. The number of pyridine rings is 1. The Morgan fingerprint density at radius 1 is 0.895 bits per heavy atom. The van der Waals surface area contributed by atoms with Gasteiger partial charge in [0, 0.05) is 11.9 Å². The van der Waals surface area contributed by atoms with Crippen molar-refractivity contribution in [3.05, 3.63) is 60.6 Å². The molecule has 0 aliphatic carbocycles. The van der Waals surface area contributed by atoms with Crippen LogP contribution in [0.1, 0.15) is 5.69 Å². The van der Waals surface area contributed by atoms with Crippen LogP contribution in [0.5, 0.6) is 0 Å². The molecule has 2 heterocycles. The fraction of sp³-hybridized carbons (Fsp3) is 0.0714. The van der Waals surface area contributed by atoms with Crippen molar-refractivity contribution in [1.82, 2.24) is 15.0 Å². The van der Waals surface area contributed by atoms with Crippen molar-refractivity contribution in [3.8, 4) is 0 Å². The summed E-state index contributed by atoms with van der Waals surface area (Å²) in [4.78, 5) is 13.2. The van der Waals surface area contributed by atoms with Gasteiger partial charge in [-0.1, -0.05) is 30.0 Å². The number of benzene rings is 1. The molecule has 3 rings (SSSR count). The van der Waals surface area contributed by atoms with Crippen LogP contribution in [0, 0.1) is 0 Å². The van der Waals surface area contributed by atoms with Crippen molar-refractivity contribution in [3.63, 3.8) is 0 Å². The average Bonchev–Trinajstić information content (AvgIpc) is 2.46. The highest BCUT2D eigenvalue weighted by Crippen LogP contribution is 2.20.